The number of rotatable bonds is 6. The van der Waals surface area contributed by atoms with E-state index in [0.717, 1.165) is 45.1 Å². The van der Waals surface area contributed by atoms with Gasteiger partial charge in [-0.2, -0.15) is 10.2 Å². The van der Waals surface area contributed by atoms with Gasteiger partial charge in [-0.3, -0.25) is 9.36 Å². The number of nitrogens with two attached hydrogens (primary N) is 1. The molecule has 8 rings (SSSR count). The SMILES string of the molecule is CC(C)(C)OC(=O)NC1CCOc2cc(-c3ccnc(Cl)n3)ccc21.Cn1cc(N)cn1.Cn1cc(Nc2nccc(-c3ccc4c(c3)OCCC4NC(=O)OC(C)(C)C)n2)cn1. The molecule has 0 bridgehead atoms. The Labute approximate surface area is 370 Å². The van der Waals surface area contributed by atoms with E-state index in [1.165, 1.54) is 0 Å². The molecule has 332 valence electrons. The maximum Gasteiger partial charge on any atom is 0.408 e. The highest BCUT2D eigenvalue weighted by molar-refractivity contribution is 6.28. The predicted molar refractivity (Wildman–Crippen MR) is 239 cm³/mol. The second-order valence-electron chi connectivity index (χ2n) is 16.6. The molecular formula is C44H53ClN12O6. The van der Waals surface area contributed by atoms with Crippen LogP contribution in [0.3, 0.4) is 0 Å². The highest BCUT2D eigenvalue weighted by Gasteiger charge is 2.28. The van der Waals surface area contributed by atoms with Crippen molar-refractivity contribution in [2.45, 2.75) is 77.7 Å². The first kappa shape index (κ1) is 45.6. The number of carbonyl (C=O) groups is 2. The number of fused-ring (bicyclic) bond motifs is 2. The lowest BCUT2D eigenvalue weighted by Gasteiger charge is -2.28. The standard InChI is InChI=1S/C22H26N6O3.C18H20ClN3O3.C4H7N3/c1-22(2,3)31-21(29)27-18-8-10-30-19-11-14(5-6-16(18)19)17-7-9-23-20(26-17)25-15-12-24-28(4)13-15;1-18(2,3)25-17(23)22-14-7-9-24-15-10-11(4-5-12(14)15)13-6-8-20-16(19)21-13;1-7-3-4(5)2-6-7/h5-7,9,11-13,18H,8,10H2,1-4H3,(H,27,29)(H,23,25,26);4-6,8,10,14H,7,9H2,1-3H3,(H,22,23);2-3H,5H2,1H3. The van der Waals surface area contributed by atoms with Crippen molar-refractivity contribution in [2.24, 2.45) is 14.1 Å². The van der Waals surface area contributed by atoms with Gasteiger partial charge in [-0.05, 0) is 77.4 Å². The van der Waals surface area contributed by atoms with Gasteiger partial charge in [0.2, 0.25) is 11.2 Å². The van der Waals surface area contributed by atoms with Crippen molar-refractivity contribution in [3.05, 3.63) is 102 Å². The summed E-state index contributed by atoms with van der Waals surface area (Å²) in [5.41, 5.74) is 10.8. The molecule has 6 heterocycles. The summed E-state index contributed by atoms with van der Waals surface area (Å²) in [7, 11) is 3.68. The fourth-order valence-corrected chi connectivity index (χ4v) is 6.57. The molecule has 2 aliphatic heterocycles. The number of halogens is 1. The second-order valence-corrected chi connectivity index (χ2v) is 17.0. The normalized spacial score (nSPS) is 15.3. The topological polar surface area (TPSA) is 220 Å². The molecular weight excluding hydrogens is 828 g/mol. The van der Waals surface area contributed by atoms with Crippen molar-refractivity contribution in [3.8, 4) is 34.0 Å². The Morgan fingerprint density at radius 2 is 1.24 bits per heavy atom. The molecule has 6 aromatic rings. The van der Waals surface area contributed by atoms with Crippen LogP contribution in [0.4, 0.5) is 26.9 Å². The zero-order valence-electron chi connectivity index (χ0n) is 36.5. The summed E-state index contributed by atoms with van der Waals surface area (Å²) in [6, 6.07) is 14.9. The third kappa shape index (κ3) is 13.5. The number of anilines is 3. The number of aromatic nitrogens is 8. The van der Waals surface area contributed by atoms with Crippen LogP contribution in [0.5, 0.6) is 11.5 Å². The fourth-order valence-electron chi connectivity index (χ4n) is 6.43. The number of carbonyl (C=O) groups excluding carboxylic acids is 2. The largest absolute Gasteiger partial charge is 0.493 e. The maximum absolute atomic E-state index is 12.2. The lowest BCUT2D eigenvalue weighted by Crippen LogP contribution is -2.36. The Kier molecular flexibility index (Phi) is 14.3. The summed E-state index contributed by atoms with van der Waals surface area (Å²) in [5.74, 6) is 1.93. The van der Waals surface area contributed by atoms with Gasteiger partial charge in [0.1, 0.15) is 22.7 Å². The van der Waals surface area contributed by atoms with E-state index in [-0.39, 0.29) is 17.4 Å². The molecule has 0 fully saturated rings. The monoisotopic (exact) mass is 880 g/mol. The third-order valence-corrected chi connectivity index (χ3v) is 9.23. The minimum Gasteiger partial charge on any atom is -0.493 e. The van der Waals surface area contributed by atoms with E-state index in [1.807, 2.05) is 104 Å². The number of amides is 2. The van der Waals surface area contributed by atoms with Gasteiger partial charge in [0.15, 0.2) is 0 Å². The van der Waals surface area contributed by atoms with E-state index in [4.69, 9.17) is 36.3 Å². The number of hydrogen-bond acceptors (Lipinski definition) is 14. The van der Waals surface area contributed by atoms with Crippen LogP contribution in [0.1, 0.15) is 77.6 Å². The molecule has 0 radical (unpaired) electrons. The molecule has 5 N–H and O–H groups in total. The van der Waals surface area contributed by atoms with Crippen LogP contribution in [0.15, 0.2) is 85.7 Å². The first-order valence-electron chi connectivity index (χ1n) is 20.2. The highest BCUT2D eigenvalue weighted by atomic mass is 35.5. The van der Waals surface area contributed by atoms with Crippen molar-refractivity contribution < 1.29 is 28.5 Å². The summed E-state index contributed by atoms with van der Waals surface area (Å²) in [5, 5.41) is 17.1. The van der Waals surface area contributed by atoms with Crippen LogP contribution in [0.25, 0.3) is 22.5 Å². The predicted octanol–water partition coefficient (Wildman–Crippen LogP) is 8.12. The first-order valence-corrected chi connectivity index (χ1v) is 20.6. The summed E-state index contributed by atoms with van der Waals surface area (Å²) in [4.78, 5) is 41.2. The van der Waals surface area contributed by atoms with E-state index in [0.29, 0.717) is 43.4 Å². The van der Waals surface area contributed by atoms with Crippen LogP contribution < -0.4 is 31.2 Å². The number of hydrogen-bond donors (Lipinski definition) is 4. The molecule has 2 unspecified atom stereocenters. The Bertz CT molecular complexity index is 2500. The average molecular weight is 881 g/mol. The van der Waals surface area contributed by atoms with Crippen molar-refractivity contribution in [1.82, 2.24) is 50.1 Å². The van der Waals surface area contributed by atoms with Crippen molar-refractivity contribution in [3.63, 3.8) is 0 Å². The van der Waals surface area contributed by atoms with Gasteiger partial charge in [0.25, 0.3) is 0 Å². The lowest BCUT2D eigenvalue weighted by molar-refractivity contribution is 0.0478. The van der Waals surface area contributed by atoms with Crippen molar-refractivity contribution in [1.29, 1.82) is 0 Å². The second kappa shape index (κ2) is 19.8. The lowest BCUT2D eigenvalue weighted by atomic mass is 9.98. The summed E-state index contributed by atoms with van der Waals surface area (Å²) in [6.45, 7) is 12.1. The van der Waals surface area contributed by atoms with Gasteiger partial charge in [-0.1, -0.05) is 24.3 Å². The molecule has 2 amide bonds. The zero-order valence-corrected chi connectivity index (χ0v) is 37.3. The van der Waals surface area contributed by atoms with E-state index < -0.39 is 23.4 Å². The molecule has 2 aromatic carbocycles. The number of ether oxygens (including phenoxy) is 4. The summed E-state index contributed by atoms with van der Waals surface area (Å²) < 4.78 is 25.7. The molecule has 4 aromatic heterocycles. The molecule has 0 saturated carbocycles. The third-order valence-electron chi connectivity index (χ3n) is 9.05. The van der Waals surface area contributed by atoms with Crippen molar-refractivity contribution in [2.75, 3.05) is 24.3 Å². The molecule has 63 heavy (non-hydrogen) atoms. The molecule has 0 spiro atoms. The zero-order chi connectivity index (χ0) is 45.3. The number of nitrogens with zero attached hydrogens (tertiary/aromatic N) is 8. The number of alkyl carbamates (subject to hydrolysis) is 2. The smallest absolute Gasteiger partial charge is 0.408 e. The van der Waals surface area contributed by atoms with Gasteiger partial charge < -0.3 is 40.6 Å². The van der Waals surface area contributed by atoms with E-state index >= 15 is 0 Å². The van der Waals surface area contributed by atoms with Gasteiger partial charge in [0.05, 0.1) is 60.5 Å². The molecule has 0 aliphatic carbocycles. The van der Waals surface area contributed by atoms with Gasteiger partial charge in [-0.25, -0.2) is 29.5 Å². The van der Waals surface area contributed by atoms with Gasteiger partial charge >= 0.3 is 12.2 Å². The van der Waals surface area contributed by atoms with Gasteiger partial charge in [-0.15, -0.1) is 0 Å². The van der Waals surface area contributed by atoms with E-state index in [1.54, 1.807) is 46.4 Å². The number of benzene rings is 2. The maximum atomic E-state index is 12.2. The van der Waals surface area contributed by atoms with Crippen LogP contribution in [-0.4, -0.2) is 76.1 Å². The summed E-state index contributed by atoms with van der Waals surface area (Å²) >= 11 is 5.86. The van der Waals surface area contributed by atoms with Crippen molar-refractivity contribution >= 4 is 41.1 Å². The quantitative estimate of drug-likeness (QED) is 0.116. The minimum absolute atomic E-state index is 0.151. The first-order chi connectivity index (χ1) is 29.9. The molecule has 2 atom stereocenters. The van der Waals surface area contributed by atoms with E-state index in [9.17, 15) is 9.59 Å². The van der Waals surface area contributed by atoms with Crippen LogP contribution in [-0.2, 0) is 23.6 Å². The minimum atomic E-state index is -0.545. The molecule has 0 saturated heterocycles. The molecule has 18 nitrogen and oxygen atoms in total. The Hall–Kier alpha value is -6.95. The van der Waals surface area contributed by atoms with E-state index in [2.05, 4.69) is 46.1 Å². The Morgan fingerprint density at radius 3 is 1.68 bits per heavy atom. The number of nitrogens with one attached hydrogen (secondary N) is 3. The molecule has 19 heteroatoms. The highest BCUT2D eigenvalue weighted by Crippen LogP contribution is 2.37. The molecule has 2 aliphatic rings. The van der Waals surface area contributed by atoms with Crippen LogP contribution in [0.2, 0.25) is 5.28 Å². The number of aryl methyl sites for hydroxylation is 2. The Morgan fingerprint density at radius 1 is 0.730 bits per heavy atom. The van der Waals surface area contributed by atoms with Gasteiger partial charge in [0, 0.05) is 74.0 Å². The fraction of sp³-hybridized carbons (Fsp3) is 0.364. The number of nitrogen functional groups attached to an aromatic ring is 1. The summed E-state index contributed by atoms with van der Waals surface area (Å²) in [6.07, 6.45) is 10.7. The van der Waals surface area contributed by atoms with Crippen LogP contribution in [0, 0.1) is 0 Å². The van der Waals surface area contributed by atoms with Crippen LogP contribution >= 0.6 is 11.6 Å². The average Bonchev–Trinajstić information content (AvgIpc) is 3.81. The Balaban J connectivity index is 0.000000184.